The maximum atomic E-state index is 6.12. The van der Waals surface area contributed by atoms with Crippen LogP contribution >= 0.6 is 15.9 Å². The summed E-state index contributed by atoms with van der Waals surface area (Å²) in [5, 5.41) is 7.43. The second-order valence-corrected chi connectivity index (χ2v) is 6.86. The number of H-pyrrole nitrogens is 1. The minimum Gasteiger partial charge on any atom is -0.382 e. The zero-order valence-corrected chi connectivity index (χ0v) is 13.8. The Balaban J connectivity index is 1.88. The fourth-order valence-corrected chi connectivity index (χ4v) is 3.85. The van der Waals surface area contributed by atoms with E-state index in [0.717, 1.165) is 27.9 Å². The lowest BCUT2D eigenvalue weighted by molar-refractivity contribution is 0.453. The minimum atomic E-state index is 0.602. The van der Waals surface area contributed by atoms with Crippen LogP contribution < -0.4 is 5.73 Å². The van der Waals surface area contributed by atoms with E-state index in [2.05, 4.69) is 38.3 Å². The molecule has 0 atom stereocenters. The molecule has 1 heterocycles. The summed E-state index contributed by atoms with van der Waals surface area (Å²) in [7, 11) is 0. The van der Waals surface area contributed by atoms with Gasteiger partial charge in [-0.3, -0.25) is 5.10 Å². The van der Waals surface area contributed by atoms with Crippen LogP contribution in [0.25, 0.3) is 11.1 Å². The average molecular weight is 348 g/mol. The van der Waals surface area contributed by atoms with Crippen LogP contribution in [0.4, 0.5) is 5.82 Å². The van der Waals surface area contributed by atoms with Gasteiger partial charge in [0.15, 0.2) is 5.82 Å². The van der Waals surface area contributed by atoms with Gasteiger partial charge in [0.2, 0.25) is 0 Å². The highest BCUT2D eigenvalue weighted by molar-refractivity contribution is 9.10. The number of nitrogens with two attached hydrogens (primary N) is 1. The largest absolute Gasteiger partial charge is 0.382 e. The molecule has 112 valence electrons. The lowest BCUT2D eigenvalue weighted by atomic mass is 9.92. The lowest BCUT2D eigenvalue weighted by Crippen LogP contribution is -2.05. The number of nitrogens with zero attached hydrogens (tertiary/aromatic N) is 1. The molecule has 4 heteroatoms. The zero-order valence-electron chi connectivity index (χ0n) is 12.2. The molecule has 0 bridgehead atoms. The van der Waals surface area contributed by atoms with Gasteiger partial charge in [0.25, 0.3) is 0 Å². The first-order valence-electron chi connectivity index (χ1n) is 7.83. The second-order valence-electron chi connectivity index (χ2n) is 6.00. The average Bonchev–Trinajstić information content (AvgIpc) is 2.69. The third-order valence-electron chi connectivity index (χ3n) is 4.48. The number of hydrogen-bond acceptors (Lipinski definition) is 2. The van der Waals surface area contributed by atoms with Crippen molar-refractivity contribution >= 4 is 21.7 Å². The van der Waals surface area contributed by atoms with Crippen molar-refractivity contribution < 1.29 is 0 Å². The Labute approximate surface area is 134 Å². The van der Waals surface area contributed by atoms with E-state index in [0.29, 0.717) is 5.82 Å². The van der Waals surface area contributed by atoms with Crippen LogP contribution in [0.15, 0.2) is 28.7 Å². The van der Waals surface area contributed by atoms with Crippen molar-refractivity contribution in [2.45, 2.75) is 44.9 Å². The Hall–Kier alpha value is -1.29. The molecular formula is C17H22BrN3. The second kappa shape index (κ2) is 6.65. The maximum absolute atomic E-state index is 6.12. The molecule has 21 heavy (non-hydrogen) atoms. The molecule has 0 aliphatic heterocycles. The van der Waals surface area contributed by atoms with Crippen LogP contribution in [0.2, 0.25) is 0 Å². The van der Waals surface area contributed by atoms with Crippen LogP contribution in [-0.2, 0) is 6.42 Å². The quantitative estimate of drug-likeness (QED) is 0.773. The van der Waals surface area contributed by atoms with E-state index in [1.807, 2.05) is 12.1 Å². The van der Waals surface area contributed by atoms with Gasteiger partial charge in [-0.15, -0.1) is 0 Å². The van der Waals surface area contributed by atoms with E-state index in [4.69, 9.17) is 5.73 Å². The topological polar surface area (TPSA) is 54.7 Å². The summed E-state index contributed by atoms with van der Waals surface area (Å²) in [6, 6.07) is 8.22. The number of aromatic nitrogens is 2. The zero-order chi connectivity index (χ0) is 14.7. The molecular weight excluding hydrogens is 326 g/mol. The first-order chi connectivity index (χ1) is 10.3. The summed E-state index contributed by atoms with van der Waals surface area (Å²) in [6.45, 7) is 0. The highest BCUT2D eigenvalue weighted by atomic mass is 79.9. The number of anilines is 1. The molecule has 3 rings (SSSR count). The third kappa shape index (κ3) is 3.31. The predicted octanol–water partition coefficient (Wildman–Crippen LogP) is 4.93. The van der Waals surface area contributed by atoms with Crippen molar-refractivity contribution in [2.75, 3.05) is 5.73 Å². The molecule has 0 spiro atoms. The molecule has 0 amide bonds. The minimum absolute atomic E-state index is 0.602. The number of nitrogens with one attached hydrogen (secondary N) is 1. The Morgan fingerprint density at radius 2 is 1.86 bits per heavy atom. The molecule has 0 radical (unpaired) electrons. The molecule has 1 aliphatic carbocycles. The van der Waals surface area contributed by atoms with Gasteiger partial charge in [-0.2, -0.15) is 5.10 Å². The monoisotopic (exact) mass is 347 g/mol. The molecule has 3 N–H and O–H groups in total. The smallest absolute Gasteiger partial charge is 0.153 e. The number of benzene rings is 1. The van der Waals surface area contributed by atoms with Crippen LogP contribution in [0.1, 0.15) is 44.2 Å². The lowest BCUT2D eigenvalue weighted by Gasteiger charge is -2.14. The van der Waals surface area contributed by atoms with Crippen molar-refractivity contribution in [3.63, 3.8) is 0 Å². The van der Waals surface area contributed by atoms with E-state index < -0.39 is 0 Å². The molecule has 1 fully saturated rings. The third-order valence-corrected chi connectivity index (χ3v) is 5.17. The number of halogens is 1. The summed E-state index contributed by atoms with van der Waals surface area (Å²) in [4.78, 5) is 0. The van der Waals surface area contributed by atoms with Gasteiger partial charge in [0.1, 0.15) is 0 Å². The SMILES string of the molecule is Nc1n[nH]c(CC2CCCCCC2)c1-c1ccccc1Br. The number of hydrogen-bond donors (Lipinski definition) is 2. The summed E-state index contributed by atoms with van der Waals surface area (Å²) >= 11 is 3.63. The highest BCUT2D eigenvalue weighted by Gasteiger charge is 2.20. The fourth-order valence-electron chi connectivity index (χ4n) is 3.36. The van der Waals surface area contributed by atoms with Crippen molar-refractivity contribution in [3.8, 4) is 11.1 Å². The Morgan fingerprint density at radius 3 is 2.57 bits per heavy atom. The molecule has 1 aromatic carbocycles. The predicted molar refractivity (Wildman–Crippen MR) is 91.0 cm³/mol. The van der Waals surface area contributed by atoms with Crippen LogP contribution in [-0.4, -0.2) is 10.2 Å². The normalized spacial score (nSPS) is 16.8. The molecule has 1 aliphatic rings. The Bertz CT molecular complexity index is 598. The van der Waals surface area contributed by atoms with Crippen LogP contribution in [0, 0.1) is 5.92 Å². The first kappa shape index (κ1) is 14.6. The van der Waals surface area contributed by atoms with Crippen LogP contribution in [0.5, 0.6) is 0 Å². The maximum Gasteiger partial charge on any atom is 0.153 e. The van der Waals surface area contributed by atoms with E-state index in [1.165, 1.54) is 44.2 Å². The number of rotatable bonds is 3. The summed E-state index contributed by atoms with van der Waals surface area (Å²) in [5.41, 5.74) is 9.51. The van der Waals surface area contributed by atoms with Gasteiger partial charge in [-0.05, 0) is 18.4 Å². The van der Waals surface area contributed by atoms with Crippen molar-refractivity contribution in [3.05, 3.63) is 34.4 Å². The summed E-state index contributed by atoms with van der Waals surface area (Å²) in [6.07, 6.45) is 9.21. The van der Waals surface area contributed by atoms with Gasteiger partial charge in [-0.1, -0.05) is 72.7 Å². The van der Waals surface area contributed by atoms with Gasteiger partial charge in [0.05, 0.1) is 0 Å². The number of nitrogen functional groups attached to an aromatic ring is 1. The summed E-state index contributed by atoms with van der Waals surface area (Å²) in [5.74, 6) is 1.36. The first-order valence-corrected chi connectivity index (χ1v) is 8.62. The summed E-state index contributed by atoms with van der Waals surface area (Å²) < 4.78 is 1.07. The molecule has 1 aromatic heterocycles. The van der Waals surface area contributed by atoms with E-state index >= 15 is 0 Å². The van der Waals surface area contributed by atoms with Gasteiger partial charge in [-0.25, -0.2) is 0 Å². The molecule has 0 unspecified atom stereocenters. The van der Waals surface area contributed by atoms with Crippen molar-refractivity contribution in [1.82, 2.24) is 10.2 Å². The molecule has 0 saturated heterocycles. The Morgan fingerprint density at radius 1 is 1.14 bits per heavy atom. The van der Waals surface area contributed by atoms with E-state index in [-0.39, 0.29) is 0 Å². The van der Waals surface area contributed by atoms with E-state index in [1.54, 1.807) is 0 Å². The van der Waals surface area contributed by atoms with Gasteiger partial charge < -0.3 is 5.73 Å². The van der Waals surface area contributed by atoms with Crippen molar-refractivity contribution in [1.29, 1.82) is 0 Å². The fraction of sp³-hybridized carbons (Fsp3) is 0.471. The van der Waals surface area contributed by atoms with Crippen LogP contribution in [0.3, 0.4) is 0 Å². The number of aromatic amines is 1. The molecule has 2 aromatic rings. The highest BCUT2D eigenvalue weighted by Crippen LogP contribution is 2.36. The van der Waals surface area contributed by atoms with Gasteiger partial charge >= 0.3 is 0 Å². The molecule has 3 nitrogen and oxygen atoms in total. The van der Waals surface area contributed by atoms with Gasteiger partial charge in [0, 0.05) is 21.3 Å². The van der Waals surface area contributed by atoms with E-state index in [9.17, 15) is 0 Å². The molecule has 1 saturated carbocycles. The Kier molecular flexibility index (Phi) is 4.63. The van der Waals surface area contributed by atoms with Crippen molar-refractivity contribution in [2.24, 2.45) is 5.92 Å². The standard InChI is InChI=1S/C17H22BrN3/c18-14-10-6-5-9-13(14)16-15(20-21-17(16)19)11-12-7-3-1-2-4-8-12/h5-6,9-10,12H,1-4,7-8,11H2,(H3,19,20,21).